The number of methoxy groups -OCH3 is 1. The van der Waals surface area contributed by atoms with Crippen molar-refractivity contribution in [3.05, 3.63) is 53.1 Å². The summed E-state index contributed by atoms with van der Waals surface area (Å²) in [6.45, 7) is 0. The molecule has 0 aliphatic rings. The van der Waals surface area contributed by atoms with Gasteiger partial charge >= 0.3 is 0 Å². The number of para-hydroxylation sites is 2. The number of rotatable bonds is 3. The Morgan fingerprint density at radius 2 is 1.95 bits per heavy atom. The van der Waals surface area contributed by atoms with E-state index in [-0.39, 0.29) is 5.91 Å². The van der Waals surface area contributed by atoms with Crippen molar-refractivity contribution in [2.75, 3.05) is 18.2 Å². The van der Waals surface area contributed by atoms with E-state index < -0.39 is 0 Å². The quantitative estimate of drug-likeness (QED) is 0.846. The fourth-order valence-corrected chi connectivity index (χ4v) is 1.86. The Bertz CT molecular complexity index is 614. The molecule has 0 fully saturated rings. The van der Waals surface area contributed by atoms with Crippen molar-refractivity contribution in [1.29, 1.82) is 0 Å². The molecule has 1 amide bonds. The maximum absolute atomic E-state index is 12.1. The van der Waals surface area contributed by atoms with E-state index in [1.165, 1.54) is 7.11 Å². The predicted octanol–water partition coefficient (Wildman–Crippen LogP) is 3.18. The lowest BCUT2D eigenvalue weighted by atomic mass is 10.1. The van der Waals surface area contributed by atoms with Crippen LogP contribution in [0.25, 0.3) is 0 Å². The summed E-state index contributed by atoms with van der Waals surface area (Å²) in [6, 6.07) is 12.0. The van der Waals surface area contributed by atoms with Crippen LogP contribution in [0.3, 0.4) is 0 Å². The van der Waals surface area contributed by atoms with E-state index in [4.69, 9.17) is 22.1 Å². The average Bonchev–Trinajstić information content (AvgIpc) is 2.41. The van der Waals surface area contributed by atoms with Gasteiger partial charge in [-0.1, -0.05) is 29.8 Å². The molecule has 4 nitrogen and oxygen atoms in total. The number of nitrogens with one attached hydrogen (secondary N) is 1. The van der Waals surface area contributed by atoms with Crippen LogP contribution in [-0.4, -0.2) is 13.0 Å². The lowest BCUT2D eigenvalue weighted by Gasteiger charge is -2.11. The molecule has 19 heavy (non-hydrogen) atoms. The zero-order valence-corrected chi connectivity index (χ0v) is 11.1. The second-order valence-electron chi connectivity index (χ2n) is 3.86. The first kappa shape index (κ1) is 13.2. The fraction of sp³-hybridized carbons (Fsp3) is 0.0714. The Morgan fingerprint density at radius 1 is 1.21 bits per heavy atom. The van der Waals surface area contributed by atoms with Gasteiger partial charge < -0.3 is 15.8 Å². The zero-order chi connectivity index (χ0) is 13.8. The number of halogens is 1. The number of carbonyl (C=O) groups excluding carboxylic acids is 1. The number of hydrogen-bond donors (Lipinski definition) is 2. The zero-order valence-electron chi connectivity index (χ0n) is 10.3. The van der Waals surface area contributed by atoms with Crippen molar-refractivity contribution < 1.29 is 9.53 Å². The Morgan fingerprint density at radius 3 is 2.63 bits per heavy atom. The van der Waals surface area contributed by atoms with Gasteiger partial charge in [0, 0.05) is 0 Å². The van der Waals surface area contributed by atoms with Gasteiger partial charge in [0.2, 0.25) is 0 Å². The fourth-order valence-electron chi connectivity index (χ4n) is 1.67. The second kappa shape index (κ2) is 5.63. The van der Waals surface area contributed by atoms with Crippen LogP contribution in [-0.2, 0) is 0 Å². The largest absolute Gasteiger partial charge is 0.495 e. The molecule has 0 aromatic heterocycles. The van der Waals surface area contributed by atoms with E-state index >= 15 is 0 Å². The Hall–Kier alpha value is -2.20. The minimum Gasteiger partial charge on any atom is -0.495 e. The van der Waals surface area contributed by atoms with Crippen molar-refractivity contribution in [3.63, 3.8) is 0 Å². The molecule has 0 bridgehead atoms. The first-order valence-electron chi connectivity index (χ1n) is 5.62. The van der Waals surface area contributed by atoms with Crippen LogP contribution in [0.1, 0.15) is 10.4 Å². The van der Waals surface area contributed by atoms with Gasteiger partial charge in [-0.15, -0.1) is 0 Å². The molecule has 2 aromatic rings. The molecule has 0 aliphatic carbocycles. The number of carbonyl (C=O) groups is 1. The lowest BCUT2D eigenvalue weighted by Crippen LogP contribution is -2.14. The standard InChI is InChI=1S/C14H13ClN2O2/c1-19-12-8-4-5-9(13(12)16)14(18)17-11-7-3-2-6-10(11)15/h2-8H,16H2,1H3,(H,17,18). The van der Waals surface area contributed by atoms with E-state index in [0.29, 0.717) is 27.7 Å². The van der Waals surface area contributed by atoms with Crippen molar-refractivity contribution in [3.8, 4) is 5.75 Å². The van der Waals surface area contributed by atoms with E-state index in [2.05, 4.69) is 5.32 Å². The number of anilines is 2. The Kier molecular flexibility index (Phi) is 3.92. The van der Waals surface area contributed by atoms with Crippen LogP contribution in [0.15, 0.2) is 42.5 Å². The molecule has 3 N–H and O–H groups in total. The third-order valence-corrected chi connectivity index (χ3v) is 2.98. The highest BCUT2D eigenvalue weighted by atomic mass is 35.5. The van der Waals surface area contributed by atoms with E-state index in [1.54, 1.807) is 42.5 Å². The summed E-state index contributed by atoms with van der Waals surface area (Å²) < 4.78 is 5.08. The van der Waals surface area contributed by atoms with Gasteiger partial charge in [0.1, 0.15) is 5.75 Å². The maximum Gasteiger partial charge on any atom is 0.257 e. The summed E-state index contributed by atoms with van der Waals surface area (Å²) in [6.07, 6.45) is 0. The minimum atomic E-state index is -0.329. The van der Waals surface area contributed by atoms with Gasteiger partial charge in [-0.25, -0.2) is 0 Å². The highest BCUT2D eigenvalue weighted by molar-refractivity contribution is 6.34. The summed E-state index contributed by atoms with van der Waals surface area (Å²) in [5.41, 5.74) is 7.05. The van der Waals surface area contributed by atoms with Crippen LogP contribution in [0.5, 0.6) is 5.75 Å². The summed E-state index contributed by atoms with van der Waals surface area (Å²) in [7, 11) is 1.50. The molecule has 0 radical (unpaired) electrons. The van der Waals surface area contributed by atoms with Crippen LogP contribution in [0.2, 0.25) is 5.02 Å². The maximum atomic E-state index is 12.1. The summed E-state index contributed by atoms with van der Waals surface area (Å²) in [5, 5.41) is 3.18. The van der Waals surface area contributed by atoms with Crippen LogP contribution < -0.4 is 15.8 Å². The average molecular weight is 277 g/mol. The molecule has 0 aliphatic heterocycles. The highest BCUT2D eigenvalue weighted by Crippen LogP contribution is 2.27. The molecule has 2 rings (SSSR count). The van der Waals surface area contributed by atoms with Crippen molar-refractivity contribution >= 4 is 28.9 Å². The lowest BCUT2D eigenvalue weighted by molar-refractivity contribution is 0.102. The molecule has 0 atom stereocenters. The monoisotopic (exact) mass is 276 g/mol. The van der Waals surface area contributed by atoms with Crippen molar-refractivity contribution in [2.45, 2.75) is 0 Å². The van der Waals surface area contributed by atoms with Crippen LogP contribution in [0, 0.1) is 0 Å². The van der Waals surface area contributed by atoms with Gasteiger partial charge in [0.05, 0.1) is 29.1 Å². The summed E-state index contributed by atoms with van der Waals surface area (Å²) in [4.78, 5) is 12.1. The minimum absolute atomic E-state index is 0.301. The Labute approximate surface area is 116 Å². The topological polar surface area (TPSA) is 64.3 Å². The van der Waals surface area contributed by atoms with E-state index in [1.807, 2.05) is 0 Å². The molecule has 0 spiro atoms. The number of ether oxygens (including phenoxy) is 1. The SMILES string of the molecule is COc1cccc(C(=O)Nc2ccccc2Cl)c1N. The van der Waals surface area contributed by atoms with E-state index in [0.717, 1.165) is 0 Å². The van der Waals surface area contributed by atoms with E-state index in [9.17, 15) is 4.79 Å². The molecule has 0 heterocycles. The van der Waals surface area contributed by atoms with Gasteiger partial charge in [0.25, 0.3) is 5.91 Å². The van der Waals surface area contributed by atoms with Gasteiger partial charge in [-0.3, -0.25) is 4.79 Å². The van der Waals surface area contributed by atoms with Crippen molar-refractivity contribution in [1.82, 2.24) is 0 Å². The summed E-state index contributed by atoms with van der Waals surface area (Å²) >= 11 is 5.98. The van der Waals surface area contributed by atoms with Gasteiger partial charge in [-0.05, 0) is 24.3 Å². The molecule has 0 unspecified atom stereocenters. The number of nitrogens with two attached hydrogens (primary N) is 1. The number of benzene rings is 2. The van der Waals surface area contributed by atoms with Crippen LogP contribution in [0.4, 0.5) is 11.4 Å². The first-order chi connectivity index (χ1) is 9.13. The highest BCUT2D eigenvalue weighted by Gasteiger charge is 2.14. The second-order valence-corrected chi connectivity index (χ2v) is 4.26. The van der Waals surface area contributed by atoms with Gasteiger partial charge in [-0.2, -0.15) is 0 Å². The van der Waals surface area contributed by atoms with Crippen molar-refractivity contribution in [2.24, 2.45) is 0 Å². The molecule has 5 heteroatoms. The molecule has 0 saturated carbocycles. The van der Waals surface area contributed by atoms with Crippen LogP contribution >= 0.6 is 11.6 Å². The smallest absolute Gasteiger partial charge is 0.257 e. The summed E-state index contributed by atoms with van der Waals surface area (Å²) in [5.74, 6) is 0.135. The normalized spacial score (nSPS) is 10.0. The molecule has 98 valence electrons. The number of nitrogen functional groups attached to an aromatic ring is 1. The number of hydrogen-bond acceptors (Lipinski definition) is 3. The number of amides is 1. The first-order valence-corrected chi connectivity index (χ1v) is 5.99. The third kappa shape index (κ3) is 2.80. The Balaban J connectivity index is 2.28. The third-order valence-electron chi connectivity index (χ3n) is 2.65. The molecule has 0 saturated heterocycles. The predicted molar refractivity (Wildman–Crippen MR) is 76.8 cm³/mol. The molecular weight excluding hydrogens is 264 g/mol. The molecular formula is C14H13ClN2O2. The molecule has 2 aromatic carbocycles. The van der Waals surface area contributed by atoms with Gasteiger partial charge in [0.15, 0.2) is 0 Å².